The van der Waals surface area contributed by atoms with Gasteiger partial charge in [-0.25, -0.2) is 14.4 Å². The van der Waals surface area contributed by atoms with Gasteiger partial charge in [-0.2, -0.15) is 23.4 Å². The van der Waals surface area contributed by atoms with Gasteiger partial charge in [0.15, 0.2) is 16.6 Å². The molecule has 4 aromatic rings. The number of hydrogen-bond acceptors (Lipinski definition) is 5. The van der Waals surface area contributed by atoms with Gasteiger partial charge in [-0.15, -0.1) is 0 Å². The highest BCUT2D eigenvalue weighted by Gasteiger charge is 2.34. The molecule has 0 spiro atoms. The zero-order valence-electron chi connectivity index (χ0n) is 17.3. The molecule has 0 fully saturated rings. The molecule has 0 bridgehead atoms. The second-order valence-corrected chi connectivity index (χ2v) is 7.94. The highest BCUT2D eigenvalue weighted by molar-refractivity contribution is 6.33. The van der Waals surface area contributed by atoms with Crippen molar-refractivity contribution in [1.29, 1.82) is 5.26 Å². The maximum atomic E-state index is 14.2. The molecule has 6 nitrogen and oxygen atoms in total. The first-order chi connectivity index (χ1) is 15.6. The summed E-state index contributed by atoms with van der Waals surface area (Å²) in [5.74, 6) is -1.07. The maximum absolute atomic E-state index is 14.2. The molecule has 11 heteroatoms. The minimum absolute atomic E-state index is 0.0669. The van der Waals surface area contributed by atoms with Crippen molar-refractivity contribution in [2.45, 2.75) is 32.5 Å². The highest BCUT2D eigenvalue weighted by Crippen LogP contribution is 2.33. The van der Waals surface area contributed by atoms with Gasteiger partial charge >= 0.3 is 6.18 Å². The Morgan fingerprint density at radius 3 is 2.52 bits per heavy atom. The molecule has 168 valence electrons. The van der Waals surface area contributed by atoms with Gasteiger partial charge in [0.05, 0.1) is 5.56 Å². The number of nitriles is 1. The number of halogens is 5. The Labute approximate surface area is 190 Å². The predicted octanol–water partition coefficient (Wildman–Crippen LogP) is 5.74. The Bertz CT molecular complexity index is 1400. The fourth-order valence-electron chi connectivity index (χ4n) is 3.39. The Morgan fingerprint density at radius 1 is 1.12 bits per heavy atom. The van der Waals surface area contributed by atoms with Crippen molar-refractivity contribution in [3.63, 3.8) is 0 Å². The van der Waals surface area contributed by atoms with Crippen LogP contribution in [0, 0.1) is 17.1 Å². The summed E-state index contributed by atoms with van der Waals surface area (Å²) in [6.45, 7) is 3.94. The molecule has 3 heterocycles. The number of benzene rings is 1. The number of hydrogen-bond donors (Lipinski definition) is 0. The minimum Gasteiger partial charge on any atom is -0.314 e. The minimum atomic E-state index is -4.80. The fourth-order valence-corrected chi connectivity index (χ4v) is 3.66. The number of pyridine rings is 1. The lowest BCUT2D eigenvalue weighted by Gasteiger charge is -2.13. The van der Waals surface area contributed by atoms with E-state index < -0.39 is 17.6 Å². The zero-order valence-corrected chi connectivity index (χ0v) is 18.1. The van der Waals surface area contributed by atoms with E-state index in [2.05, 4.69) is 19.9 Å². The molecule has 0 aliphatic heterocycles. The Kier molecular flexibility index (Phi) is 5.76. The Balaban J connectivity index is 1.91. The van der Waals surface area contributed by atoms with Crippen molar-refractivity contribution in [3.8, 4) is 17.6 Å². The number of fused-ring (bicyclic) bond motifs is 1. The van der Waals surface area contributed by atoms with Gasteiger partial charge in [-0.1, -0.05) is 31.5 Å². The average Bonchev–Trinajstić information content (AvgIpc) is 3.11. The predicted molar refractivity (Wildman–Crippen MR) is 113 cm³/mol. The van der Waals surface area contributed by atoms with Crippen molar-refractivity contribution >= 4 is 22.8 Å². The van der Waals surface area contributed by atoms with Gasteiger partial charge in [0, 0.05) is 12.7 Å². The molecule has 0 saturated heterocycles. The normalized spacial score (nSPS) is 11.8. The molecule has 1 aromatic carbocycles. The molecule has 0 amide bonds. The number of nitrogens with zero attached hydrogens (tertiary/aromatic N) is 6. The molecule has 0 N–H and O–H groups in total. The largest absolute Gasteiger partial charge is 0.419 e. The topological polar surface area (TPSA) is 80.3 Å². The summed E-state index contributed by atoms with van der Waals surface area (Å²) in [5.41, 5.74) is 0.693. The Hall–Kier alpha value is -3.58. The van der Waals surface area contributed by atoms with Gasteiger partial charge in [-0.05, 0) is 41.3 Å². The van der Waals surface area contributed by atoms with Crippen molar-refractivity contribution in [2.24, 2.45) is 0 Å². The zero-order chi connectivity index (χ0) is 23.9. The number of imidazole rings is 1. The van der Waals surface area contributed by atoms with Crippen LogP contribution in [0.25, 0.3) is 22.7 Å². The fraction of sp³-hybridized carbons (Fsp3) is 0.227. The molecule has 0 aliphatic carbocycles. The van der Waals surface area contributed by atoms with Crippen LogP contribution in [0.4, 0.5) is 17.6 Å². The van der Waals surface area contributed by atoms with E-state index in [0.717, 1.165) is 11.6 Å². The quantitative estimate of drug-likeness (QED) is 0.278. The van der Waals surface area contributed by atoms with Crippen LogP contribution >= 0.6 is 11.6 Å². The summed E-state index contributed by atoms with van der Waals surface area (Å²) < 4.78 is 54.6. The first-order valence-electron chi connectivity index (χ1n) is 9.74. The lowest BCUT2D eigenvalue weighted by Crippen LogP contribution is -2.10. The maximum Gasteiger partial charge on any atom is 0.419 e. The lowest BCUT2D eigenvalue weighted by molar-refractivity contribution is -0.140. The van der Waals surface area contributed by atoms with Crippen molar-refractivity contribution in [3.05, 3.63) is 70.0 Å². The summed E-state index contributed by atoms with van der Waals surface area (Å²) in [6, 6.07) is 8.16. The second kappa shape index (κ2) is 8.41. The number of rotatable bonds is 4. The SMILES string of the molecule is CC(C)c1ccnc(-c2nc3nc(C#N)nc(Cl)c3n2Cc2ccc(C(F)(F)F)c(F)c2)c1. The van der Waals surface area contributed by atoms with Crippen LogP contribution in [0.5, 0.6) is 0 Å². The third kappa shape index (κ3) is 4.36. The molecule has 33 heavy (non-hydrogen) atoms. The van der Waals surface area contributed by atoms with Crippen molar-refractivity contribution < 1.29 is 17.6 Å². The standard InChI is InChI=1S/C22H15ClF4N6/c1-11(2)13-5-6-29-16(8-13)21-32-20-18(19(23)30-17(9-28)31-20)33(21)10-12-3-4-14(15(24)7-12)22(25,26)27/h3-8,11H,10H2,1-2H3. The highest BCUT2D eigenvalue weighted by atomic mass is 35.5. The van der Waals surface area contributed by atoms with E-state index in [1.807, 2.05) is 26.0 Å². The molecule has 0 aliphatic rings. The van der Waals surface area contributed by atoms with Crippen molar-refractivity contribution in [1.82, 2.24) is 24.5 Å². The van der Waals surface area contributed by atoms with E-state index in [0.29, 0.717) is 17.6 Å². The van der Waals surface area contributed by atoms with Crippen LogP contribution < -0.4 is 0 Å². The monoisotopic (exact) mass is 474 g/mol. The summed E-state index contributed by atoms with van der Waals surface area (Å²) >= 11 is 6.30. The summed E-state index contributed by atoms with van der Waals surface area (Å²) in [4.78, 5) is 16.8. The Morgan fingerprint density at radius 2 is 1.88 bits per heavy atom. The second-order valence-electron chi connectivity index (χ2n) is 7.58. The lowest BCUT2D eigenvalue weighted by atomic mass is 10.0. The molecule has 0 unspecified atom stereocenters. The van der Waals surface area contributed by atoms with Gasteiger partial charge in [0.1, 0.15) is 23.1 Å². The van der Waals surface area contributed by atoms with Gasteiger partial charge in [-0.3, -0.25) is 4.98 Å². The molecular weight excluding hydrogens is 460 g/mol. The summed E-state index contributed by atoms with van der Waals surface area (Å²) in [5, 5.41) is 9.09. The van der Waals surface area contributed by atoms with Gasteiger partial charge in [0.2, 0.25) is 5.82 Å². The third-order valence-corrected chi connectivity index (χ3v) is 5.28. The first kappa shape index (κ1) is 22.6. The molecule has 0 atom stereocenters. The molecule has 4 rings (SSSR count). The summed E-state index contributed by atoms with van der Waals surface area (Å²) in [7, 11) is 0. The van der Waals surface area contributed by atoms with E-state index in [1.165, 1.54) is 6.07 Å². The van der Waals surface area contributed by atoms with Crippen LogP contribution in [0.2, 0.25) is 5.15 Å². The van der Waals surface area contributed by atoms with Crippen LogP contribution in [0.15, 0.2) is 36.5 Å². The van der Waals surface area contributed by atoms with Gasteiger partial charge < -0.3 is 4.57 Å². The molecular formula is C22H15ClF4N6. The average molecular weight is 475 g/mol. The third-order valence-electron chi connectivity index (χ3n) is 5.02. The van der Waals surface area contributed by atoms with E-state index in [1.54, 1.807) is 16.8 Å². The number of aromatic nitrogens is 5. The van der Waals surface area contributed by atoms with Crippen LogP contribution in [-0.2, 0) is 12.7 Å². The molecule has 0 saturated carbocycles. The van der Waals surface area contributed by atoms with Crippen LogP contribution in [0.3, 0.4) is 0 Å². The van der Waals surface area contributed by atoms with E-state index in [4.69, 9.17) is 16.9 Å². The van der Waals surface area contributed by atoms with Gasteiger partial charge in [0.25, 0.3) is 0 Å². The number of alkyl halides is 3. The van der Waals surface area contributed by atoms with Crippen LogP contribution in [-0.4, -0.2) is 24.5 Å². The van der Waals surface area contributed by atoms with E-state index in [-0.39, 0.29) is 40.2 Å². The smallest absolute Gasteiger partial charge is 0.314 e. The van der Waals surface area contributed by atoms with E-state index >= 15 is 0 Å². The summed E-state index contributed by atoms with van der Waals surface area (Å²) in [6.07, 6.45) is -3.19. The van der Waals surface area contributed by atoms with E-state index in [9.17, 15) is 17.6 Å². The molecule has 0 radical (unpaired) electrons. The molecule has 3 aromatic heterocycles. The first-order valence-corrected chi connectivity index (χ1v) is 10.1. The van der Waals surface area contributed by atoms with Crippen LogP contribution in [0.1, 0.15) is 42.3 Å². The van der Waals surface area contributed by atoms with Crippen molar-refractivity contribution in [2.75, 3.05) is 0 Å².